The highest BCUT2D eigenvalue weighted by molar-refractivity contribution is 8.18. The van der Waals surface area contributed by atoms with Crippen LogP contribution >= 0.6 is 11.8 Å². The lowest BCUT2D eigenvalue weighted by molar-refractivity contribution is -0.122. The Kier molecular flexibility index (Phi) is 7.61. The summed E-state index contributed by atoms with van der Waals surface area (Å²) in [5.41, 5.74) is 0.764. The summed E-state index contributed by atoms with van der Waals surface area (Å²) < 4.78 is 11.0. The number of benzene rings is 1. The van der Waals surface area contributed by atoms with Gasteiger partial charge < -0.3 is 9.47 Å². The molecule has 0 radical (unpaired) electrons. The van der Waals surface area contributed by atoms with Gasteiger partial charge in [-0.05, 0) is 48.9 Å². The molecule has 2 rings (SSSR count). The molecular weight excluding hydrogens is 350 g/mol. The summed E-state index contributed by atoms with van der Waals surface area (Å²) in [4.78, 5) is 26.3. The van der Waals surface area contributed by atoms with Gasteiger partial charge in [0.25, 0.3) is 11.1 Å². The van der Waals surface area contributed by atoms with Crippen LogP contribution in [0.2, 0.25) is 0 Å². The number of carbonyl (C=O) groups excluding carboxylic acids is 2. The van der Waals surface area contributed by atoms with Crippen molar-refractivity contribution in [1.82, 2.24) is 4.90 Å². The van der Waals surface area contributed by atoms with Gasteiger partial charge in [-0.15, -0.1) is 6.42 Å². The first kappa shape index (κ1) is 19.9. The van der Waals surface area contributed by atoms with Crippen molar-refractivity contribution in [1.29, 1.82) is 0 Å². The van der Waals surface area contributed by atoms with E-state index >= 15 is 0 Å². The smallest absolute Gasteiger partial charge is 0.293 e. The second-order valence-corrected chi connectivity index (χ2v) is 6.67. The molecule has 0 spiro atoms. The first-order chi connectivity index (χ1) is 12.6. The molecule has 5 nitrogen and oxygen atoms in total. The number of ether oxygens (including phenoxy) is 2. The van der Waals surface area contributed by atoms with Gasteiger partial charge in [0.1, 0.15) is 6.61 Å². The average Bonchev–Trinajstić information content (AvgIpc) is 2.89. The number of rotatable bonds is 9. The molecule has 1 aromatic rings. The molecule has 1 heterocycles. The van der Waals surface area contributed by atoms with Crippen molar-refractivity contribution in [2.24, 2.45) is 0 Å². The summed E-state index contributed by atoms with van der Waals surface area (Å²) in [6.45, 7) is 5.05. The van der Waals surface area contributed by atoms with Gasteiger partial charge in [0.2, 0.25) is 0 Å². The molecule has 0 aliphatic carbocycles. The first-order valence-corrected chi connectivity index (χ1v) is 9.50. The van der Waals surface area contributed by atoms with Gasteiger partial charge in [0.15, 0.2) is 11.5 Å². The van der Waals surface area contributed by atoms with Gasteiger partial charge in [0.05, 0.1) is 11.5 Å². The Morgan fingerprint density at radius 2 is 2.00 bits per heavy atom. The van der Waals surface area contributed by atoms with Crippen molar-refractivity contribution in [2.45, 2.75) is 33.1 Å². The van der Waals surface area contributed by atoms with E-state index in [4.69, 9.17) is 15.9 Å². The third kappa shape index (κ3) is 5.06. The highest BCUT2D eigenvalue weighted by atomic mass is 32.2. The van der Waals surface area contributed by atoms with Crippen LogP contribution in [-0.2, 0) is 4.79 Å². The van der Waals surface area contributed by atoms with Crippen molar-refractivity contribution in [2.75, 3.05) is 19.8 Å². The minimum Gasteiger partial charge on any atom is -0.490 e. The lowest BCUT2D eigenvalue weighted by atomic mass is 10.1. The van der Waals surface area contributed by atoms with Crippen molar-refractivity contribution >= 4 is 29.0 Å². The maximum Gasteiger partial charge on any atom is 0.293 e. The van der Waals surface area contributed by atoms with Gasteiger partial charge in [0, 0.05) is 6.54 Å². The van der Waals surface area contributed by atoms with E-state index in [9.17, 15) is 9.59 Å². The van der Waals surface area contributed by atoms with Gasteiger partial charge in [-0.25, -0.2) is 0 Å². The molecule has 0 bridgehead atoms. The Hall–Kier alpha value is -2.39. The van der Waals surface area contributed by atoms with E-state index < -0.39 is 0 Å². The zero-order valence-corrected chi connectivity index (χ0v) is 15.9. The second kappa shape index (κ2) is 9.93. The minimum atomic E-state index is -0.235. The van der Waals surface area contributed by atoms with Crippen molar-refractivity contribution in [3.63, 3.8) is 0 Å². The number of nitrogens with zero attached hydrogens (tertiary/aromatic N) is 1. The SMILES string of the molecule is C#CCOc1ccc(/C=C2\SC(=O)N(CCCCC)C2=O)cc1OCC. The van der Waals surface area contributed by atoms with Crippen molar-refractivity contribution in [3.05, 3.63) is 28.7 Å². The molecule has 1 aliphatic rings. The number of thioether (sulfide) groups is 1. The number of hydrogen-bond acceptors (Lipinski definition) is 5. The van der Waals surface area contributed by atoms with Crippen molar-refractivity contribution < 1.29 is 19.1 Å². The largest absolute Gasteiger partial charge is 0.490 e. The van der Waals surface area contributed by atoms with Crippen LogP contribution < -0.4 is 9.47 Å². The molecule has 138 valence electrons. The molecule has 1 aromatic carbocycles. The average molecular weight is 373 g/mol. The summed E-state index contributed by atoms with van der Waals surface area (Å²) in [7, 11) is 0. The molecule has 1 fully saturated rings. The predicted molar refractivity (Wildman–Crippen MR) is 104 cm³/mol. The van der Waals surface area contributed by atoms with Crippen LogP contribution in [0.25, 0.3) is 6.08 Å². The van der Waals surface area contributed by atoms with E-state index in [0.29, 0.717) is 29.6 Å². The maximum atomic E-state index is 12.5. The Labute approximate surface area is 158 Å². The van der Waals surface area contributed by atoms with Crippen LogP contribution in [0.15, 0.2) is 23.1 Å². The van der Waals surface area contributed by atoms with Crippen LogP contribution in [0.5, 0.6) is 11.5 Å². The number of unbranched alkanes of at least 4 members (excludes halogenated alkanes) is 2. The zero-order chi connectivity index (χ0) is 18.9. The normalized spacial score (nSPS) is 15.4. The topological polar surface area (TPSA) is 55.8 Å². The summed E-state index contributed by atoms with van der Waals surface area (Å²) in [5.74, 6) is 3.28. The highest BCUT2D eigenvalue weighted by Gasteiger charge is 2.34. The molecule has 0 atom stereocenters. The second-order valence-electron chi connectivity index (χ2n) is 5.67. The third-order valence-corrected chi connectivity index (χ3v) is 4.64. The molecular formula is C20H23NO4S. The number of terminal acetylenes is 1. The summed E-state index contributed by atoms with van der Waals surface area (Å²) in [6.07, 6.45) is 9.80. The monoisotopic (exact) mass is 373 g/mol. The van der Waals surface area contributed by atoms with Gasteiger partial charge in [-0.3, -0.25) is 14.5 Å². The van der Waals surface area contributed by atoms with Gasteiger partial charge in [-0.2, -0.15) is 0 Å². The first-order valence-electron chi connectivity index (χ1n) is 8.69. The van der Waals surface area contributed by atoms with E-state index in [0.717, 1.165) is 36.6 Å². The molecule has 0 N–H and O–H groups in total. The molecule has 0 saturated carbocycles. The molecule has 0 aromatic heterocycles. The third-order valence-electron chi connectivity index (χ3n) is 3.74. The standard InChI is InChI=1S/C20H23NO4S/c1-4-7-8-11-21-19(22)18(26-20(21)23)14-15-9-10-16(25-12-5-2)17(13-15)24-6-3/h2,9-10,13-14H,4,6-8,11-12H2,1,3H3/b18-14-. The quantitative estimate of drug-likeness (QED) is 0.366. The van der Waals surface area contributed by atoms with E-state index in [-0.39, 0.29) is 17.8 Å². The predicted octanol–water partition coefficient (Wildman–Crippen LogP) is 4.32. The Morgan fingerprint density at radius 3 is 2.69 bits per heavy atom. The molecule has 1 saturated heterocycles. The molecule has 0 unspecified atom stereocenters. The molecule has 26 heavy (non-hydrogen) atoms. The van der Waals surface area contributed by atoms with E-state index in [2.05, 4.69) is 12.8 Å². The van der Waals surface area contributed by atoms with Crippen LogP contribution in [-0.4, -0.2) is 35.8 Å². The lowest BCUT2D eigenvalue weighted by Crippen LogP contribution is -2.29. The number of amides is 2. The molecule has 1 aliphatic heterocycles. The number of carbonyl (C=O) groups is 2. The minimum absolute atomic E-state index is 0.149. The van der Waals surface area contributed by atoms with Gasteiger partial charge in [-0.1, -0.05) is 31.8 Å². The summed E-state index contributed by atoms with van der Waals surface area (Å²) in [6, 6.07) is 5.33. The fourth-order valence-corrected chi connectivity index (χ4v) is 3.35. The van der Waals surface area contributed by atoms with Crippen LogP contribution in [0.4, 0.5) is 4.79 Å². The lowest BCUT2D eigenvalue weighted by Gasteiger charge is -2.12. The van der Waals surface area contributed by atoms with Crippen LogP contribution in [0.3, 0.4) is 0 Å². The zero-order valence-electron chi connectivity index (χ0n) is 15.1. The fourth-order valence-electron chi connectivity index (χ4n) is 2.49. The highest BCUT2D eigenvalue weighted by Crippen LogP contribution is 2.34. The van der Waals surface area contributed by atoms with Crippen molar-refractivity contribution in [3.8, 4) is 23.8 Å². The summed E-state index contributed by atoms with van der Waals surface area (Å²) in [5, 5.41) is -0.212. The van der Waals surface area contributed by atoms with E-state index in [1.165, 1.54) is 4.90 Å². The van der Waals surface area contributed by atoms with Gasteiger partial charge >= 0.3 is 0 Å². The van der Waals surface area contributed by atoms with E-state index in [1.807, 2.05) is 6.92 Å². The summed E-state index contributed by atoms with van der Waals surface area (Å²) >= 11 is 0.972. The Morgan fingerprint density at radius 1 is 1.19 bits per heavy atom. The molecule has 2 amide bonds. The number of imide groups is 1. The maximum absolute atomic E-state index is 12.5. The van der Waals surface area contributed by atoms with Crippen LogP contribution in [0, 0.1) is 12.3 Å². The number of hydrogen-bond donors (Lipinski definition) is 0. The van der Waals surface area contributed by atoms with Crippen LogP contribution in [0.1, 0.15) is 38.7 Å². The van der Waals surface area contributed by atoms with E-state index in [1.54, 1.807) is 24.3 Å². The molecule has 6 heteroatoms. The Balaban J connectivity index is 2.18. The Bertz CT molecular complexity index is 736. The fraction of sp³-hybridized carbons (Fsp3) is 0.400.